The summed E-state index contributed by atoms with van der Waals surface area (Å²) in [5.41, 5.74) is 9.39. The van der Waals surface area contributed by atoms with Crippen LogP contribution in [0.25, 0.3) is 0 Å². The number of hydrogen-bond acceptors (Lipinski definition) is 4. The van der Waals surface area contributed by atoms with Gasteiger partial charge in [0.15, 0.2) is 0 Å². The number of nitrogens with two attached hydrogens (primary N) is 1. The second kappa shape index (κ2) is 6.29. The van der Waals surface area contributed by atoms with Crippen LogP contribution >= 0.6 is 0 Å². The van der Waals surface area contributed by atoms with Crippen LogP contribution in [0.4, 0.5) is 5.69 Å². The van der Waals surface area contributed by atoms with E-state index in [0.29, 0.717) is 22.6 Å². The van der Waals surface area contributed by atoms with E-state index in [1.165, 1.54) is 0 Å². The summed E-state index contributed by atoms with van der Waals surface area (Å²) in [6.45, 7) is 3.88. The normalized spacial score (nSPS) is 11.7. The van der Waals surface area contributed by atoms with Crippen LogP contribution in [-0.4, -0.2) is 11.7 Å². The Morgan fingerprint density at radius 1 is 1.24 bits per heavy atom. The minimum absolute atomic E-state index is 0.113. The quantitative estimate of drug-likeness (QED) is 0.845. The van der Waals surface area contributed by atoms with Gasteiger partial charge in [-0.15, -0.1) is 0 Å². The molecule has 0 aromatic heterocycles. The van der Waals surface area contributed by atoms with Gasteiger partial charge in [0.25, 0.3) is 0 Å². The van der Waals surface area contributed by atoms with Crippen LogP contribution < -0.4 is 10.5 Å². The first-order valence-corrected chi connectivity index (χ1v) is 6.69. The van der Waals surface area contributed by atoms with Crippen LogP contribution in [0.3, 0.4) is 0 Å². The minimum Gasteiger partial charge on any atom is -0.490 e. The summed E-state index contributed by atoms with van der Waals surface area (Å²) >= 11 is 0. The van der Waals surface area contributed by atoms with Gasteiger partial charge in [-0.25, -0.2) is 0 Å². The zero-order valence-corrected chi connectivity index (χ0v) is 12.1. The van der Waals surface area contributed by atoms with Crippen LogP contribution in [0.15, 0.2) is 36.4 Å². The van der Waals surface area contributed by atoms with Crippen LogP contribution in [-0.2, 0) is 0 Å². The summed E-state index contributed by atoms with van der Waals surface area (Å²) in [5, 5.41) is 19.1. The third kappa shape index (κ3) is 3.33. The van der Waals surface area contributed by atoms with Crippen LogP contribution in [0.5, 0.6) is 5.75 Å². The fraction of sp³-hybridized carbons (Fsp3) is 0.235. The molecule has 21 heavy (non-hydrogen) atoms. The SMILES string of the molecule is Cc1cc(C#N)cc(C)c1OCC(O)c1ccccc1N. The maximum absolute atomic E-state index is 10.2. The van der Waals surface area contributed by atoms with Gasteiger partial charge in [-0.1, -0.05) is 18.2 Å². The Morgan fingerprint density at radius 3 is 2.43 bits per heavy atom. The molecule has 0 amide bonds. The molecule has 2 rings (SSSR count). The lowest BCUT2D eigenvalue weighted by atomic mass is 10.1. The van der Waals surface area contributed by atoms with Crippen molar-refractivity contribution >= 4 is 5.69 Å². The first-order chi connectivity index (χ1) is 10.0. The van der Waals surface area contributed by atoms with Gasteiger partial charge in [0.05, 0.1) is 11.6 Å². The third-order valence-electron chi connectivity index (χ3n) is 3.33. The second-order valence-electron chi connectivity index (χ2n) is 5.01. The molecule has 0 aliphatic rings. The second-order valence-corrected chi connectivity index (χ2v) is 5.01. The predicted octanol–water partition coefficient (Wildman–Crippen LogP) is 2.87. The van der Waals surface area contributed by atoms with Crippen molar-refractivity contribution in [2.75, 3.05) is 12.3 Å². The average Bonchev–Trinajstić information content (AvgIpc) is 2.46. The Kier molecular flexibility index (Phi) is 4.46. The number of para-hydroxylation sites is 1. The van der Waals surface area contributed by atoms with E-state index in [4.69, 9.17) is 15.7 Å². The highest BCUT2D eigenvalue weighted by atomic mass is 16.5. The topological polar surface area (TPSA) is 79.3 Å². The molecule has 0 aliphatic carbocycles. The summed E-state index contributed by atoms with van der Waals surface area (Å²) in [6.07, 6.45) is -0.791. The molecule has 0 spiro atoms. The average molecular weight is 282 g/mol. The van der Waals surface area contributed by atoms with Gasteiger partial charge >= 0.3 is 0 Å². The van der Waals surface area contributed by atoms with E-state index in [-0.39, 0.29) is 6.61 Å². The number of nitriles is 1. The van der Waals surface area contributed by atoms with Gasteiger partial charge in [0.1, 0.15) is 18.5 Å². The van der Waals surface area contributed by atoms with Gasteiger partial charge in [-0.2, -0.15) is 5.26 Å². The zero-order chi connectivity index (χ0) is 15.4. The fourth-order valence-corrected chi connectivity index (χ4v) is 2.31. The van der Waals surface area contributed by atoms with E-state index in [2.05, 4.69) is 6.07 Å². The molecule has 4 heteroatoms. The molecule has 1 atom stereocenters. The van der Waals surface area contributed by atoms with Crippen molar-refractivity contribution in [2.45, 2.75) is 20.0 Å². The number of benzene rings is 2. The van der Waals surface area contributed by atoms with Crippen molar-refractivity contribution in [2.24, 2.45) is 0 Å². The summed E-state index contributed by atoms with van der Waals surface area (Å²) in [6, 6.07) is 12.8. The van der Waals surface area contributed by atoms with Crippen molar-refractivity contribution in [3.05, 3.63) is 58.7 Å². The van der Waals surface area contributed by atoms with E-state index in [1.807, 2.05) is 26.0 Å². The highest BCUT2D eigenvalue weighted by Crippen LogP contribution is 2.27. The van der Waals surface area contributed by atoms with Gasteiger partial charge < -0.3 is 15.6 Å². The van der Waals surface area contributed by atoms with E-state index < -0.39 is 6.10 Å². The molecule has 0 saturated carbocycles. The molecule has 2 aromatic rings. The molecule has 0 heterocycles. The molecule has 0 bridgehead atoms. The Labute approximate surface area is 124 Å². The van der Waals surface area contributed by atoms with E-state index >= 15 is 0 Å². The molecule has 0 fully saturated rings. The maximum Gasteiger partial charge on any atom is 0.125 e. The molecule has 2 aromatic carbocycles. The lowest BCUT2D eigenvalue weighted by Gasteiger charge is -2.17. The van der Waals surface area contributed by atoms with Crippen LogP contribution in [0, 0.1) is 25.2 Å². The molecule has 0 saturated heterocycles. The van der Waals surface area contributed by atoms with Crippen molar-refractivity contribution in [3.63, 3.8) is 0 Å². The lowest BCUT2D eigenvalue weighted by molar-refractivity contribution is 0.108. The maximum atomic E-state index is 10.2. The van der Waals surface area contributed by atoms with Crippen molar-refractivity contribution in [3.8, 4) is 11.8 Å². The highest BCUT2D eigenvalue weighted by molar-refractivity contribution is 5.49. The number of rotatable bonds is 4. The molecule has 4 nitrogen and oxygen atoms in total. The largest absolute Gasteiger partial charge is 0.490 e. The van der Waals surface area contributed by atoms with Gasteiger partial charge in [0.2, 0.25) is 0 Å². The summed E-state index contributed by atoms with van der Waals surface area (Å²) in [7, 11) is 0. The van der Waals surface area contributed by atoms with Gasteiger partial charge in [0, 0.05) is 11.3 Å². The predicted molar refractivity (Wildman–Crippen MR) is 81.9 cm³/mol. The number of nitrogens with zero attached hydrogens (tertiary/aromatic N) is 1. The molecule has 108 valence electrons. The number of nitrogen functional groups attached to an aromatic ring is 1. The fourth-order valence-electron chi connectivity index (χ4n) is 2.31. The van der Waals surface area contributed by atoms with Crippen molar-refractivity contribution < 1.29 is 9.84 Å². The summed E-state index contributed by atoms with van der Waals surface area (Å²) < 4.78 is 5.72. The first kappa shape index (κ1) is 14.9. The van der Waals surface area contributed by atoms with Crippen molar-refractivity contribution in [1.29, 1.82) is 5.26 Å². The van der Waals surface area contributed by atoms with Crippen molar-refractivity contribution in [1.82, 2.24) is 0 Å². The monoisotopic (exact) mass is 282 g/mol. The molecule has 0 aliphatic heterocycles. The smallest absolute Gasteiger partial charge is 0.125 e. The number of aliphatic hydroxyl groups excluding tert-OH is 1. The van der Waals surface area contributed by atoms with E-state index in [1.54, 1.807) is 24.3 Å². The Morgan fingerprint density at radius 2 is 1.86 bits per heavy atom. The molecule has 3 N–H and O–H groups in total. The summed E-state index contributed by atoms with van der Waals surface area (Å²) in [4.78, 5) is 0. The molecular formula is C17H18N2O2. The number of aryl methyl sites for hydroxylation is 2. The number of ether oxygens (including phenoxy) is 1. The zero-order valence-electron chi connectivity index (χ0n) is 12.1. The number of hydrogen-bond donors (Lipinski definition) is 2. The Bertz CT molecular complexity index is 666. The van der Waals surface area contributed by atoms with Gasteiger partial charge in [-0.3, -0.25) is 0 Å². The standard InChI is InChI=1S/C17H18N2O2/c1-11-7-13(9-18)8-12(2)17(11)21-10-16(20)14-5-3-4-6-15(14)19/h3-8,16,20H,10,19H2,1-2H3. The number of aliphatic hydroxyl groups is 1. The summed E-state index contributed by atoms with van der Waals surface area (Å²) in [5.74, 6) is 0.697. The van der Waals surface area contributed by atoms with E-state index in [9.17, 15) is 5.11 Å². The molecular weight excluding hydrogens is 264 g/mol. The van der Waals surface area contributed by atoms with Crippen LogP contribution in [0.1, 0.15) is 28.4 Å². The Balaban J connectivity index is 2.14. The number of anilines is 1. The highest BCUT2D eigenvalue weighted by Gasteiger charge is 2.13. The van der Waals surface area contributed by atoms with Gasteiger partial charge in [-0.05, 0) is 43.2 Å². The minimum atomic E-state index is -0.791. The Hall–Kier alpha value is -2.51. The third-order valence-corrected chi connectivity index (χ3v) is 3.33. The first-order valence-electron chi connectivity index (χ1n) is 6.69. The lowest BCUT2D eigenvalue weighted by Crippen LogP contribution is -2.12. The molecule has 1 unspecified atom stereocenters. The van der Waals surface area contributed by atoms with E-state index in [0.717, 1.165) is 11.1 Å². The molecule has 0 radical (unpaired) electrons. The van der Waals surface area contributed by atoms with Crippen LogP contribution in [0.2, 0.25) is 0 Å².